The van der Waals surface area contributed by atoms with Crippen LogP contribution in [0.15, 0.2) is 30.5 Å². The minimum absolute atomic E-state index is 0.0711. The molecule has 1 amide bonds. The first kappa shape index (κ1) is 23.1. The minimum Gasteiger partial charge on any atom is -0.453 e. The summed E-state index contributed by atoms with van der Waals surface area (Å²) >= 11 is 0. The zero-order chi connectivity index (χ0) is 23.7. The first-order chi connectivity index (χ1) is 15.8. The van der Waals surface area contributed by atoms with E-state index in [-0.39, 0.29) is 29.8 Å². The Morgan fingerprint density at radius 3 is 2.76 bits per heavy atom. The molecule has 3 aromatic rings. The van der Waals surface area contributed by atoms with Gasteiger partial charge in [0.1, 0.15) is 23.5 Å². The number of morpholine rings is 1. The highest BCUT2D eigenvalue weighted by atomic mass is 19.1. The summed E-state index contributed by atoms with van der Waals surface area (Å²) < 4.78 is 42.7. The molecule has 1 saturated heterocycles. The van der Waals surface area contributed by atoms with Crippen LogP contribution in [0, 0.1) is 18.6 Å². The molecule has 1 aromatic carbocycles. The number of ether oxygens (including phenoxy) is 2. The van der Waals surface area contributed by atoms with E-state index in [4.69, 9.17) is 9.47 Å². The summed E-state index contributed by atoms with van der Waals surface area (Å²) in [5.41, 5.74) is 1.99. The highest BCUT2D eigenvalue weighted by molar-refractivity contribution is 5.69. The molecule has 1 aliphatic heterocycles. The van der Waals surface area contributed by atoms with E-state index in [2.05, 4.69) is 10.3 Å². The Morgan fingerprint density at radius 1 is 1.36 bits per heavy atom. The van der Waals surface area contributed by atoms with Crippen molar-refractivity contribution in [1.82, 2.24) is 19.6 Å². The van der Waals surface area contributed by atoms with Crippen molar-refractivity contribution in [3.63, 3.8) is 0 Å². The Hall–Kier alpha value is -3.08. The van der Waals surface area contributed by atoms with Crippen LogP contribution < -0.4 is 5.32 Å². The molecule has 3 heterocycles. The SMILES string of the molecule is CNC(O)c1cc(F)c(-c2nc3cc(C)ccn3c2C[C@@H]2CN(C(=O)OC)CCO2)c(F)c1. The van der Waals surface area contributed by atoms with Crippen LogP contribution in [0.1, 0.15) is 23.0 Å². The predicted octanol–water partition coefficient (Wildman–Crippen LogP) is 2.81. The molecule has 176 valence electrons. The number of aliphatic hydroxyl groups excluding tert-OH is 1. The molecule has 2 atom stereocenters. The van der Waals surface area contributed by atoms with E-state index in [0.29, 0.717) is 24.5 Å². The molecule has 8 nitrogen and oxygen atoms in total. The second kappa shape index (κ2) is 9.42. The monoisotopic (exact) mass is 460 g/mol. The van der Waals surface area contributed by atoms with Gasteiger partial charge >= 0.3 is 6.09 Å². The van der Waals surface area contributed by atoms with Crippen LogP contribution in [0.5, 0.6) is 0 Å². The van der Waals surface area contributed by atoms with Gasteiger partial charge in [0.2, 0.25) is 0 Å². The second-order valence-electron chi connectivity index (χ2n) is 8.00. The third kappa shape index (κ3) is 4.54. The van der Waals surface area contributed by atoms with E-state index in [1.807, 2.05) is 19.1 Å². The molecule has 2 N–H and O–H groups in total. The number of amides is 1. The molecule has 1 aliphatic rings. The van der Waals surface area contributed by atoms with Crippen LogP contribution in [0.4, 0.5) is 13.6 Å². The Balaban J connectivity index is 1.78. The first-order valence-corrected chi connectivity index (χ1v) is 10.6. The van der Waals surface area contributed by atoms with Crippen LogP contribution in [-0.4, -0.2) is 65.4 Å². The molecule has 1 unspecified atom stereocenters. The fourth-order valence-electron chi connectivity index (χ4n) is 4.09. The van der Waals surface area contributed by atoms with Gasteiger partial charge in [0, 0.05) is 24.7 Å². The van der Waals surface area contributed by atoms with E-state index in [0.717, 1.165) is 17.7 Å². The minimum atomic E-state index is -1.20. The Kier molecular flexibility index (Phi) is 6.59. The molecule has 1 fully saturated rings. The first-order valence-electron chi connectivity index (χ1n) is 10.6. The number of hydrogen-bond donors (Lipinski definition) is 2. The van der Waals surface area contributed by atoms with Crippen LogP contribution in [-0.2, 0) is 15.9 Å². The van der Waals surface area contributed by atoms with E-state index < -0.39 is 30.1 Å². The Morgan fingerprint density at radius 2 is 2.09 bits per heavy atom. The van der Waals surface area contributed by atoms with Gasteiger partial charge in [-0.3, -0.25) is 5.32 Å². The molecule has 2 aromatic heterocycles. The largest absolute Gasteiger partial charge is 0.453 e. The number of methoxy groups -OCH3 is 1. The fourth-order valence-corrected chi connectivity index (χ4v) is 4.09. The number of rotatable bonds is 5. The number of benzene rings is 1. The fraction of sp³-hybridized carbons (Fsp3) is 0.391. The van der Waals surface area contributed by atoms with Crippen molar-refractivity contribution in [1.29, 1.82) is 0 Å². The van der Waals surface area contributed by atoms with E-state index >= 15 is 8.78 Å². The average Bonchev–Trinajstić information content (AvgIpc) is 3.14. The Bertz CT molecular complexity index is 1160. The van der Waals surface area contributed by atoms with Crippen molar-refractivity contribution < 1.29 is 28.2 Å². The van der Waals surface area contributed by atoms with Crippen LogP contribution in [0.3, 0.4) is 0 Å². The second-order valence-corrected chi connectivity index (χ2v) is 8.00. The summed E-state index contributed by atoms with van der Waals surface area (Å²) in [5.74, 6) is -1.66. The lowest BCUT2D eigenvalue weighted by Crippen LogP contribution is -2.46. The topological polar surface area (TPSA) is 88.3 Å². The zero-order valence-electron chi connectivity index (χ0n) is 18.6. The number of fused-ring (bicyclic) bond motifs is 1. The van der Waals surface area contributed by atoms with Gasteiger partial charge in [-0.2, -0.15) is 0 Å². The predicted molar refractivity (Wildman–Crippen MR) is 117 cm³/mol. The standard InChI is InChI=1S/C23H26F2N4O4/c1-13-4-5-29-18(11-15-12-28(6-7-33-15)23(31)32-3)21(27-19(29)8-13)20-16(24)9-14(10-17(20)25)22(30)26-2/h4-5,8-10,15,22,26,30H,6-7,11-12H2,1-3H3/t15-,22?/m1/s1. The normalized spacial score (nSPS) is 17.4. The van der Waals surface area contributed by atoms with E-state index in [1.54, 1.807) is 10.6 Å². The third-order valence-corrected chi connectivity index (χ3v) is 5.76. The number of carbonyl (C=O) groups is 1. The Labute approximate surface area is 189 Å². The van der Waals surface area contributed by atoms with Gasteiger partial charge in [-0.15, -0.1) is 0 Å². The molecule has 0 radical (unpaired) electrons. The van der Waals surface area contributed by atoms with Crippen molar-refractivity contribution >= 4 is 11.7 Å². The maximum absolute atomic E-state index is 15.1. The van der Waals surface area contributed by atoms with Crippen molar-refractivity contribution in [2.24, 2.45) is 0 Å². The number of pyridine rings is 1. The molecule has 0 aliphatic carbocycles. The molecule has 0 bridgehead atoms. The lowest BCUT2D eigenvalue weighted by Gasteiger charge is -2.32. The van der Waals surface area contributed by atoms with Crippen LogP contribution in [0.25, 0.3) is 16.9 Å². The number of hydrogen-bond acceptors (Lipinski definition) is 6. The molecule has 33 heavy (non-hydrogen) atoms. The number of nitrogens with one attached hydrogen (secondary N) is 1. The number of halogens is 2. The molecule has 0 saturated carbocycles. The molecule has 4 rings (SSSR count). The lowest BCUT2D eigenvalue weighted by molar-refractivity contribution is -0.0241. The van der Waals surface area contributed by atoms with Gasteiger partial charge in [0.15, 0.2) is 0 Å². The summed E-state index contributed by atoms with van der Waals surface area (Å²) in [6, 6.07) is 5.89. The summed E-state index contributed by atoms with van der Waals surface area (Å²) in [7, 11) is 2.80. The molecule has 0 spiro atoms. The van der Waals surface area contributed by atoms with Gasteiger partial charge in [0.05, 0.1) is 43.3 Å². The number of aryl methyl sites for hydroxylation is 1. The van der Waals surface area contributed by atoms with E-state index in [9.17, 15) is 9.90 Å². The summed E-state index contributed by atoms with van der Waals surface area (Å²) in [6.45, 7) is 2.91. The summed E-state index contributed by atoms with van der Waals surface area (Å²) in [5, 5.41) is 12.5. The number of aromatic nitrogens is 2. The zero-order valence-corrected chi connectivity index (χ0v) is 18.6. The van der Waals surface area contributed by atoms with Crippen molar-refractivity contribution in [2.45, 2.75) is 25.7 Å². The number of imidazole rings is 1. The van der Waals surface area contributed by atoms with Gasteiger partial charge in [-0.25, -0.2) is 18.6 Å². The third-order valence-electron chi connectivity index (χ3n) is 5.76. The highest BCUT2D eigenvalue weighted by Gasteiger charge is 2.29. The summed E-state index contributed by atoms with van der Waals surface area (Å²) in [6.07, 6.45) is 0.00709. The maximum atomic E-state index is 15.1. The number of nitrogens with zero attached hydrogens (tertiary/aromatic N) is 3. The maximum Gasteiger partial charge on any atom is 0.409 e. The van der Waals surface area contributed by atoms with Gasteiger partial charge < -0.3 is 23.9 Å². The van der Waals surface area contributed by atoms with Gasteiger partial charge in [-0.05, 0) is 43.8 Å². The average molecular weight is 460 g/mol. The smallest absolute Gasteiger partial charge is 0.409 e. The van der Waals surface area contributed by atoms with Crippen molar-refractivity contribution in [3.05, 3.63) is 58.9 Å². The van der Waals surface area contributed by atoms with Gasteiger partial charge in [-0.1, -0.05) is 0 Å². The molecular formula is C23H26F2N4O4. The van der Waals surface area contributed by atoms with Crippen LogP contribution in [0.2, 0.25) is 0 Å². The van der Waals surface area contributed by atoms with E-state index in [1.165, 1.54) is 19.1 Å². The van der Waals surface area contributed by atoms with Gasteiger partial charge in [0.25, 0.3) is 0 Å². The number of aliphatic hydroxyl groups is 1. The summed E-state index contributed by atoms with van der Waals surface area (Å²) in [4.78, 5) is 18.0. The molecular weight excluding hydrogens is 434 g/mol. The van der Waals surface area contributed by atoms with Crippen molar-refractivity contribution in [3.8, 4) is 11.3 Å². The van der Waals surface area contributed by atoms with Crippen molar-refractivity contribution in [2.75, 3.05) is 33.9 Å². The number of carbonyl (C=O) groups excluding carboxylic acids is 1. The highest BCUT2D eigenvalue weighted by Crippen LogP contribution is 2.33. The lowest BCUT2D eigenvalue weighted by atomic mass is 10.0. The molecule has 10 heteroatoms. The van der Waals surface area contributed by atoms with Crippen LogP contribution >= 0.6 is 0 Å². The quantitative estimate of drug-likeness (QED) is 0.570.